The third-order valence-corrected chi connectivity index (χ3v) is 3.05. The largest absolute Gasteiger partial charge is 0.379 e. The second-order valence-corrected chi connectivity index (χ2v) is 4.59. The van der Waals surface area contributed by atoms with Gasteiger partial charge < -0.3 is 5.32 Å². The third kappa shape index (κ3) is 2.71. The van der Waals surface area contributed by atoms with Crippen molar-refractivity contribution in [1.82, 2.24) is 9.97 Å². The van der Waals surface area contributed by atoms with E-state index in [9.17, 15) is 0 Å². The number of pyridine rings is 2. The first-order valence-electron chi connectivity index (χ1n) is 6.31. The maximum absolute atomic E-state index is 4.38. The highest BCUT2D eigenvalue weighted by molar-refractivity contribution is 5.82. The molecule has 0 amide bonds. The number of nitrogens with zero attached hydrogens (tertiary/aromatic N) is 2. The second kappa shape index (κ2) is 5.06. The number of hydrogen-bond acceptors (Lipinski definition) is 3. The number of fused-ring (bicyclic) bond motifs is 1. The van der Waals surface area contributed by atoms with Crippen LogP contribution in [-0.4, -0.2) is 9.97 Å². The van der Waals surface area contributed by atoms with Crippen LogP contribution in [0.4, 0.5) is 5.69 Å². The summed E-state index contributed by atoms with van der Waals surface area (Å²) in [6.07, 6.45) is 3.70. The molecule has 1 N–H and O–H groups in total. The molecule has 2 aromatic heterocycles. The van der Waals surface area contributed by atoms with Gasteiger partial charge in [0.15, 0.2) is 0 Å². The molecule has 2 heterocycles. The van der Waals surface area contributed by atoms with Crippen molar-refractivity contribution in [3.63, 3.8) is 0 Å². The second-order valence-electron chi connectivity index (χ2n) is 4.59. The summed E-state index contributed by atoms with van der Waals surface area (Å²) in [5.74, 6) is 0. The molecule has 0 aliphatic carbocycles. The van der Waals surface area contributed by atoms with E-state index in [1.165, 1.54) is 5.56 Å². The van der Waals surface area contributed by atoms with Crippen molar-refractivity contribution >= 4 is 16.6 Å². The summed E-state index contributed by atoms with van der Waals surface area (Å²) in [5, 5.41) is 4.53. The molecular weight excluding hydrogens is 234 g/mol. The van der Waals surface area contributed by atoms with Gasteiger partial charge in [0.05, 0.1) is 17.8 Å². The average molecular weight is 249 g/mol. The predicted octanol–water partition coefficient (Wildman–Crippen LogP) is 3.55. The number of rotatable bonds is 3. The summed E-state index contributed by atoms with van der Waals surface area (Å²) < 4.78 is 0. The Hall–Kier alpha value is -2.42. The molecule has 0 aliphatic rings. The molecule has 1 aromatic carbocycles. The van der Waals surface area contributed by atoms with Gasteiger partial charge in [0.25, 0.3) is 0 Å². The van der Waals surface area contributed by atoms with Crippen LogP contribution in [0.2, 0.25) is 0 Å². The average Bonchev–Trinajstić information content (AvgIpc) is 2.46. The molecule has 0 saturated carbocycles. The molecule has 3 aromatic rings. The van der Waals surface area contributed by atoms with Gasteiger partial charge in [-0.3, -0.25) is 9.97 Å². The predicted molar refractivity (Wildman–Crippen MR) is 78.0 cm³/mol. The number of anilines is 1. The first kappa shape index (κ1) is 11.7. The van der Waals surface area contributed by atoms with E-state index in [1.54, 1.807) is 0 Å². The van der Waals surface area contributed by atoms with Crippen molar-refractivity contribution in [2.45, 2.75) is 13.5 Å². The number of hydrogen-bond donors (Lipinski definition) is 1. The summed E-state index contributed by atoms with van der Waals surface area (Å²) in [7, 11) is 0. The van der Waals surface area contributed by atoms with Gasteiger partial charge in [-0.05, 0) is 42.8 Å². The van der Waals surface area contributed by atoms with E-state index >= 15 is 0 Å². The maximum atomic E-state index is 4.38. The lowest BCUT2D eigenvalue weighted by atomic mass is 10.2. The van der Waals surface area contributed by atoms with Crippen molar-refractivity contribution in [3.8, 4) is 0 Å². The van der Waals surface area contributed by atoms with Gasteiger partial charge in [0.2, 0.25) is 0 Å². The lowest BCUT2D eigenvalue weighted by Gasteiger charge is -2.07. The Bertz CT molecular complexity index is 690. The van der Waals surface area contributed by atoms with Crippen LogP contribution in [0.5, 0.6) is 0 Å². The molecule has 3 nitrogen and oxygen atoms in total. The van der Waals surface area contributed by atoms with Crippen LogP contribution < -0.4 is 5.32 Å². The molecular formula is C16H15N3. The van der Waals surface area contributed by atoms with E-state index in [-0.39, 0.29) is 0 Å². The van der Waals surface area contributed by atoms with Gasteiger partial charge in [-0.25, -0.2) is 0 Å². The van der Waals surface area contributed by atoms with Crippen LogP contribution in [-0.2, 0) is 6.54 Å². The van der Waals surface area contributed by atoms with Gasteiger partial charge >= 0.3 is 0 Å². The highest BCUT2D eigenvalue weighted by Gasteiger charge is 1.98. The normalized spacial score (nSPS) is 10.6. The molecule has 94 valence electrons. The molecule has 19 heavy (non-hydrogen) atoms. The summed E-state index contributed by atoms with van der Waals surface area (Å²) >= 11 is 0. The number of nitrogens with one attached hydrogen (secondary N) is 1. The zero-order chi connectivity index (χ0) is 13.1. The Morgan fingerprint density at radius 3 is 2.84 bits per heavy atom. The Morgan fingerprint density at radius 2 is 2.00 bits per heavy atom. The van der Waals surface area contributed by atoms with Crippen molar-refractivity contribution in [2.24, 2.45) is 0 Å². The first-order chi connectivity index (χ1) is 9.31. The first-order valence-corrected chi connectivity index (χ1v) is 6.31. The van der Waals surface area contributed by atoms with Gasteiger partial charge in [-0.2, -0.15) is 0 Å². The molecule has 0 radical (unpaired) electrons. The minimum Gasteiger partial charge on any atom is -0.379 e. The fourth-order valence-corrected chi connectivity index (χ4v) is 1.98. The summed E-state index contributed by atoms with van der Waals surface area (Å²) in [5.41, 5.74) is 4.32. The summed E-state index contributed by atoms with van der Waals surface area (Å²) in [6, 6.07) is 14.3. The van der Waals surface area contributed by atoms with Gasteiger partial charge in [0.1, 0.15) is 0 Å². The Balaban J connectivity index is 1.76. The van der Waals surface area contributed by atoms with E-state index in [0.717, 1.165) is 28.8 Å². The van der Waals surface area contributed by atoms with Crippen molar-refractivity contribution in [2.75, 3.05) is 5.32 Å². The van der Waals surface area contributed by atoms with Crippen molar-refractivity contribution in [1.29, 1.82) is 0 Å². The van der Waals surface area contributed by atoms with Crippen LogP contribution in [0, 0.1) is 6.92 Å². The van der Waals surface area contributed by atoms with Gasteiger partial charge in [-0.1, -0.05) is 12.1 Å². The van der Waals surface area contributed by atoms with E-state index in [0.29, 0.717) is 0 Å². The van der Waals surface area contributed by atoms with E-state index in [1.807, 2.05) is 43.6 Å². The lowest BCUT2D eigenvalue weighted by molar-refractivity contribution is 1.04. The van der Waals surface area contributed by atoms with Gasteiger partial charge in [-0.15, -0.1) is 0 Å². The highest BCUT2D eigenvalue weighted by atomic mass is 14.9. The molecule has 0 atom stereocenters. The molecule has 0 aliphatic heterocycles. The van der Waals surface area contributed by atoms with Crippen LogP contribution in [0.1, 0.15) is 11.3 Å². The quantitative estimate of drug-likeness (QED) is 0.771. The standard InChI is InChI=1S/C16H15N3/c1-12-4-5-15(18-10-12)11-19-14-6-7-16-13(9-14)3-2-8-17-16/h2-10,19H,11H2,1H3. The third-order valence-electron chi connectivity index (χ3n) is 3.05. The van der Waals surface area contributed by atoms with Crippen LogP contribution in [0.25, 0.3) is 10.9 Å². The molecule has 0 bridgehead atoms. The molecule has 0 spiro atoms. The fraction of sp³-hybridized carbons (Fsp3) is 0.125. The molecule has 0 unspecified atom stereocenters. The van der Waals surface area contributed by atoms with Crippen LogP contribution in [0.15, 0.2) is 54.9 Å². The van der Waals surface area contributed by atoms with Crippen molar-refractivity contribution < 1.29 is 0 Å². The highest BCUT2D eigenvalue weighted by Crippen LogP contribution is 2.17. The van der Waals surface area contributed by atoms with E-state index in [4.69, 9.17) is 0 Å². The number of aryl methyl sites for hydroxylation is 1. The molecule has 0 fully saturated rings. The SMILES string of the molecule is Cc1ccc(CNc2ccc3ncccc3c2)nc1. The number of aromatic nitrogens is 2. The topological polar surface area (TPSA) is 37.8 Å². The van der Waals surface area contributed by atoms with Crippen LogP contribution in [0.3, 0.4) is 0 Å². The minimum atomic E-state index is 0.728. The molecule has 0 saturated heterocycles. The lowest BCUT2D eigenvalue weighted by Crippen LogP contribution is -2.01. The van der Waals surface area contributed by atoms with E-state index in [2.05, 4.69) is 33.5 Å². The Morgan fingerprint density at radius 1 is 1.05 bits per heavy atom. The fourth-order valence-electron chi connectivity index (χ4n) is 1.98. The zero-order valence-electron chi connectivity index (χ0n) is 10.8. The van der Waals surface area contributed by atoms with Crippen LogP contribution >= 0.6 is 0 Å². The molecule has 3 rings (SSSR count). The van der Waals surface area contributed by atoms with Gasteiger partial charge in [0, 0.05) is 23.5 Å². The van der Waals surface area contributed by atoms with Crippen molar-refractivity contribution in [3.05, 3.63) is 66.1 Å². The molecule has 3 heteroatoms. The maximum Gasteiger partial charge on any atom is 0.0703 e. The summed E-state index contributed by atoms with van der Waals surface area (Å²) in [6.45, 7) is 2.77. The monoisotopic (exact) mass is 249 g/mol. The number of benzene rings is 1. The Kier molecular flexibility index (Phi) is 3.11. The zero-order valence-corrected chi connectivity index (χ0v) is 10.8. The smallest absolute Gasteiger partial charge is 0.0703 e. The summed E-state index contributed by atoms with van der Waals surface area (Å²) in [4.78, 5) is 8.69. The minimum absolute atomic E-state index is 0.728. The Labute approximate surface area is 112 Å². The van der Waals surface area contributed by atoms with E-state index < -0.39 is 0 Å².